The second-order valence-corrected chi connectivity index (χ2v) is 4.06. The molecule has 2 atom stereocenters. The first kappa shape index (κ1) is 10.3. The van der Waals surface area contributed by atoms with Gasteiger partial charge >= 0.3 is 0 Å². The van der Waals surface area contributed by atoms with Crippen LogP contribution in [0.2, 0.25) is 0 Å². The minimum atomic E-state index is -0.222. The summed E-state index contributed by atoms with van der Waals surface area (Å²) in [4.78, 5) is 11.2. The number of rotatable bonds is 2. The van der Waals surface area contributed by atoms with Gasteiger partial charge in [-0.25, -0.2) is 4.39 Å². The Balaban J connectivity index is 2.07. The highest BCUT2D eigenvalue weighted by Crippen LogP contribution is 2.27. The van der Waals surface area contributed by atoms with Crippen LogP contribution in [-0.4, -0.2) is 12.3 Å². The van der Waals surface area contributed by atoms with Crippen LogP contribution >= 0.6 is 0 Å². The predicted octanol–water partition coefficient (Wildman–Crippen LogP) is 2.07. The topological polar surface area (TPSA) is 29.1 Å². The van der Waals surface area contributed by atoms with E-state index in [2.05, 4.69) is 5.32 Å². The SMILES string of the molecule is CC(=O)C1CNC(c2ccc(F)cc2)C1. The fourth-order valence-electron chi connectivity index (χ4n) is 1.99. The van der Waals surface area contributed by atoms with E-state index in [9.17, 15) is 9.18 Å². The fourth-order valence-corrected chi connectivity index (χ4v) is 1.99. The van der Waals surface area contributed by atoms with Gasteiger partial charge in [-0.3, -0.25) is 4.79 Å². The van der Waals surface area contributed by atoms with Crippen LogP contribution in [0.5, 0.6) is 0 Å². The predicted molar refractivity (Wildman–Crippen MR) is 55.9 cm³/mol. The summed E-state index contributed by atoms with van der Waals surface area (Å²) in [6.07, 6.45) is 0.820. The van der Waals surface area contributed by atoms with E-state index in [1.165, 1.54) is 12.1 Å². The maximum Gasteiger partial charge on any atom is 0.134 e. The Labute approximate surface area is 88.5 Å². The standard InChI is InChI=1S/C12H14FNO/c1-8(15)10-6-12(14-7-10)9-2-4-11(13)5-3-9/h2-5,10,12,14H,6-7H2,1H3. The Morgan fingerprint density at radius 2 is 2.07 bits per heavy atom. The summed E-state index contributed by atoms with van der Waals surface area (Å²) in [6, 6.07) is 6.65. The number of nitrogens with one attached hydrogen (secondary N) is 1. The lowest BCUT2D eigenvalue weighted by Crippen LogP contribution is -2.16. The molecule has 1 aromatic rings. The van der Waals surface area contributed by atoms with Crippen LogP contribution in [0, 0.1) is 11.7 Å². The molecule has 1 heterocycles. The van der Waals surface area contributed by atoms with Crippen LogP contribution in [-0.2, 0) is 4.79 Å². The monoisotopic (exact) mass is 207 g/mol. The van der Waals surface area contributed by atoms with E-state index in [0.717, 1.165) is 18.5 Å². The highest BCUT2D eigenvalue weighted by molar-refractivity contribution is 5.78. The molecule has 1 aliphatic heterocycles. The Kier molecular flexibility index (Phi) is 2.82. The number of halogens is 1. The summed E-state index contributed by atoms with van der Waals surface area (Å²) in [6.45, 7) is 2.36. The molecule has 0 aliphatic carbocycles. The van der Waals surface area contributed by atoms with Crippen LogP contribution in [0.15, 0.2) is 24.3 Å². The van der Waals surface area contributed by atoms with Gasteiger partial charge in [0.1, 0.15) is 11.6 Å². The van der Waals surface area contributed by atoms with E-state index in [1.807, 2.05) is 0 Å². The van der Waals surface area contributed by atoms with Gasteiger partial charge in [-0.05, 0) is 31.0 Å². The summed E-state index contributed by atoms with van der Waals surface area (Å²) in [5.74, 6) is 0.118. The molecule has 15 heavy (non-hydrogen) atoms. The minimum absolute atomic E-state index is 0.111. The molecule has 1 N–H and O–H groups in total. The van der Waals surface area contributed by atoms with Crippen molar-refractivity contribution in [1.82, 2.24) is 5.32 Å². The molecule has 2 rings (SSSR count). The quantitative estimate of drug-likeness (QED) is 0.804. The lowest BCUT2D eigenvalue weighted by Gasteiger charge is -2.10. The molecule has 2 nitrogen and oxygen atoms in total. The third kappa shape index (κ3) is 2.23. The molecule has 0 spiro atoms. The zero-order chi connectivity index (χ0) is 10.8. The Bertz CT molecular complexity index is 360. The van der Waals surface area contributed by atoms with Gasteiger partial charge in [-0.1, -0.05) is 12.1 Å². The zero-order valence-electron chi connectivity index (χ0n) is 8.66. The van der Waals surface area contributed by atoms with Crippen molar-refractivity contribution in [3.05, 3.63) is 35.6 Å². The highest BCUT2D eigenvalue weighted by atomic mass is 19.1. The van der Waals surface area contributed by atoms with Crippen molar-refractivity contribution in [2.75, 3.05) is 6.54 Å². The van der Waals surface area contributed by atoms with Gasteiger partial charge in [0.15, 0.2) is 0 Å². The van der Waals surface area contributed by atoms with Crippen molar-refractivity contribution in [3.8, 4) is 0 Å². The first-order valence-corrected chi connectivity index (χ1v) is 5.16. The zero-order valence-corrected chi connectivity index (χ0v) is 8.66. The third-order valence-electron chi connectivity index (χ3n) is 2.98. The second kappa shape index (κ2) is 4.11. The summed E-state index contributed by atoms with van der Waals surface area (Å²) in [5.41, 5.74) is 1.06. The van der Waals surface area contributed by atoms with Gasteiger partial charge in [-0.2, -0.15) is 0 Å². The molecule has 0 bridgehead atoms. The van der Waals surface area contributed by atoms with E-state index in [0.29, 0.717) is 0 Å². The van der Waals surface area contributed by atoms with Crippen LogP contribution in [0.1, 0.15) is 24.9 Å². The van der Waals surface area contributed by atoms with Gasteiger partial charge in [0.2, 0.25) is 0 Å². The van der Waals surface area contributed by atoms with Crippen molar-refractivity contribution in [2.45, 2.75) is 19.4 Å². The fraction of sp³-hybridized carbons (Fsp3) is 0.417. The number of hydrogen-bond acceptors (Lipinski definition) is 2. The number of ketones is 1. The summed E-state index contributed by atoms with van der Waals surface area (Å²) in [7, 11) is 0. The lowest BCUT2D eigenvalue weighted by molar-refractivity contribution is -0.120. The number of benzene rings is 1. The molecule has 2 unspecified atom stereocenters. The van der Waals surface area contributed by atoms with Gasteiger partial charge in [0.05, 0.1) is 0 Å². The molecule has 3 heteroatoms. The Morgan fingerprint density at radius 3 is 2.60 bits per heavy atom. The van der Waals surface area contributed by atoms with Crippen molar-refractivity contribution in [2.24, 2.45) is 5.92 Å². The van der Waals surface area contributed by atoms with Gasteiger partial charge < -0.3 is 5.32 Å². The molecule has 1 saturated heterocycles. The average molecular weight is 207 g/mol. The number of Topliss-reactive ketones (excluding diaryl/α,β-unsaturated/α-hetero) is 1. The summed E-state index contributed by atoms with van der Waals surface area (Å²) >= 11 is 0. The van der Waals surface area contributed by atoms with E-state index in [1.54, 1.807) is 19.1 Å². The molecule has 0 aromatic heterocycles. The molecular formula is C12H14FNO. The second-order valence-electron chi connectivity index (χ2n) is 4.06. The molecule has 1 aromatic carbocycles. The van der Waals surface area contributed by atoms with Crippen molar-refractivity contribution in [3.63, 3.8) is 0 Å². The van der Waals surface area contributed by atoms with E-state index >= 15 is 0 Å². The van der Waals surface area contributed by atoms with E-state index in [-0.39, 0.29) is 23.6 Å². The largest absolute Gasteiger partial charge is 0.309 e. The van der Waals surface area contributed by atoms with Crippen molar-refractivity contribution >= 4 is 5.78 Å². The molecule has 1 fully saturated rings. The minimum Gasteiger partial charge on any atom is -0.309 e. The number of carbonyl (C=O) groups excluding carboxylic acids is 1. The smallest absolute Gasteiger partial charge is 0.134 e. The molecular weight excluding hydrogens is 193 g/mol. The molecule has 0 saturated carbocycles. The normalized spacial score (nSPS) is 25.5. The summed E-state index contributed by atoms with van der Waals surface area (Å²) < 4.78 is 12.7. The maximum atomic E-state index is 12.7. The van der Waals surface area contributed by atoms with Crippen molar-refractivity contribution < 1.29 is 9.18 Å². The first-order chi connectivity index (χ1) is 7.16. The average Bonchev–Trinajstić information content (AvgIpc) is 2.68. The molecule has 1 aliphatic rings. The van der Waals surface area contributed by atoms with Gasteiger partial charge in [-0.15, -0.1) is 0 Å². The number of carbonyl (C=O) groups is 1. The number of hydrogen-bond donors (Lipinski definition) is 1. The van der Waals surface area contributed by atoms with E-state index in [4.69, 9.17) is 0 Å². The van der Waals surface area contributed by atoms with Crippen LogP contribution in [0.4, 0.5) is 4.39 Å². The van der Waals surface area contributed by atoms with Gasteiger partial charge in [0, 0.05) is 18.5 Å². The van der Waals surface area contributed by atoms with E-state index < -0.39 is 0 Å². The first-order valence-electron chi connectivity index (χ1n) is 5.16. The molecule has 0 amide bonds. The maximum absolute atomic E-state index is 12.7. The molecule has 0 radical (unpaired) electrons. The lowest BCUT2D eigenvalue weighted by atomic mass is 9.98. The van der Waals surface area contributed by atoms with Crippen LogP contribution < -0.4 is 5.32 Å². The Hall–Kier alpha value is -1.22. The summed E-state index contributed by atoms with van der Waals surface area (Å²) in [5, 5.41) is 3.28. The molecule has 80 valence electrons. The highest BCUT2D eigenvalue weighted by Gasteiger charge is 2.27. The van der Waals surface area contributed by atoms with Crippen LogP contribution in [0.25, 0.3) is 0 Å². The third-order valence-corrected chi connectivity index (χ3v) is 2.98. The Morgan fingerprint density at radius 1 is 1.40 bits per heavy atom. The van der Waals surface area contributed by atoms with Gasteiger partial charge in [0.25, 0.3) is 0 Å². The van der Waals surface area contributed by atoms with Crippen LogP contribution in [0.3, 0.4) is 0 Å². The van der Waals surface area contributed by atoms with Crippen molar-refractivity contribution in [1.29, 1.82) is 0 Å².